The summed E-state index contributed by atoms with van der Waals surface area (Å²) in [7, 11) is -1.73. The molecule has 2 aromatic heterocycles. The minimum Gasteiger partial charge on any atom is -0.412 e. The molecule has 0 spiro atoms. The number of carbonyl (C=O) groups excluding carboxylic acids is 2. The Morgan fingerprint density at radius 1 is 0.838 bits per heavy atom. The molecule has 37 heavy (non-hydrogen) atoms. The average molecular weight is 565 g/mol. The van der Waals surface area contributed by atoms with E-state index in [4.69, 9.17) is 9.53 Å². The Morgan fingerprint density at radius 2 is 1.27 bits per heavy atom. The highest BCUT2D eigenvalue weighted by Gasteiger charge is 2.37. The third-order valence-electron chi connectivity index (χ3n) is 7.63. The zero-order valence-corrected chi connectivity index (χ0v) is 25.8. The molecule has 4 heterocycles. The smallest absolute Gasteiger partial charge is 0.254 e. The summed E-state index contributed by atoms with van der Waals surface area (Å²) in [6.45, 7) is 15.5. The minimum atomic E-state index is -1.73. The fraction of sp³-hybridized carbons (Fsp3) is 0.643. The van der Waals surface area contributed by atoms with Crippen LogP contribution in [0.4, 0.5) is 0 Å². The topological polar surface area (TPSA) is 70.1 Å². The molecule has 1 N–H and O–H groups in total. The Labute approximate surface area is 231 Å². The van der Waals surface area contributed by atoms with Gasteiger partial charge >= 0.3 is 0 Å². The fourth-order valence-corrected chi connectivity index (χ4v) is 6.71. The van der Waals surface area contributed by atoms with Crippen molar-refractivity contribution in [3.05, 3.63) is 43.8 Å². The Bertz CT molecular complexity index is 1020. The van der Waals surface area contributed by atoms with Crippen molar-refractivity contribution in [2.45, 2.75) is 90.6 Å². The molecule has 2 fully saturated rings. The van der Waals surface area contributed by atoms with E-state index in [1.807, 2.05) is 26.6 Å². The van der Waals surface area contributed by atoms with Crippen LogP contribution in [0.2, 0.25) is 18.1 Å². The number of nitrogens with zero attached hydrogens (tertiary/aromatic N) is 2. The summed E-state index contributed by atoms with van der Waals surface area (Å²) in [4.78, 5) is 30.4. The summed E-state index contributed by atoms with van der Waals surface area (Å²) in [5.74, 6) is 0.306. The number of amides is 2. The maximum Gasteiger partial charge on any atom is 0.254 e. The van der Waals surface area contributed by atoms with Crippen LogP contribution >= 0.6 is 22.7 Å². The Morgan fingerprint density at radius 3 is 1.68 bits per heavy atom. The summed E-state index contributed by atoms with van der Waals surface area (Å²) in [6, 6.07) is 3.82. The highest BCUT2D eigenvalue weighted by molar-refractivity contribution is 7.10. The van der Waals surface area contributed by atoms with Crippen LogP contribution < -0.4 is 0 Å². The van der Waals surface area contributed by atoms with Crippen LogP contribution in [0.5, 0.6) is 0 Å². The molecule has 2 aliphatic heterocycles. The van der Waals surface area contributed by atoms with Gasteiger partial charge in [-0.25, -0.2) is 0 Å². The van der Waals surface area contributed by atoms with Gasteiger partial charge in [-0.2, -0.15) is 0 Å². The van der Waals surface area contributed by atoms with Gasteiger partial charge in [-0.1, -0.05) is 20.8 Å². The van der Waals surface area contributed by atoms with E-state index in [2.05, 4.69) is 33.9 Å². The third-order valence-corrected chi connectivity index (χ3v) is 13.9. The molecule has 0 saturated carbocycles. The molecule has 0 radical (unpaired) electrons. The third kappa shape index (κ3) is 8.48. The summed E-state index contributed by atoms with van der Waals surface area (Å²) in [5, 5.41) is 13.0. The SMILES string of the molecule is CC(C)(C)[Si](C)(C)OCc1cc(C(=O)N2CCCCC2)cs1.O=C(c1csc(CO)c1)N1CCCCC1. The number of carbonyl (C=O) groups is 2. The number of hydrogen-bond donors (Lipinski definition) is 1. The number of likely N-dealkylation sites (tertiary alicyclic amines) is 2. The van der Waals surface area contributed by atoms with E-state index in [-0.39, 0.29) is 23.5 Å². The molecular weight excluding hydrogens is 521 g/mol. The number of hydrogen-bond acceptors (Lipinski definition) is 6. The van der Waals surface area contributed by atoms with Gasteiger partial charge in [-0.15, -0.1) is 22.7 Å². The molecule has 2 aromatic rings. The maximum atomic E-state index is 12.5. The highest BCUT2D eigenvalue weighted by atomic mass is 32.1. The fourth-order valence-electron chi connectivity index (χ4n) is 4.17. The first-order valence-electron chi connectivity index (χ1n) is 13.5. The lowest BCUT2D eigenvalue weighted by Crippen LogP contribution is -2.40. The molecule has 0 atom stereocenters. The van der Waals surface area contributed by atoms with Gasteiger partial charge in [0.1, 0.15) is 0 Å². The van der Waals surface area contributed by atoms with Crippen molar-refractivity contribution in [1.29, 1.82) is 0 Å². The van der Waals surface area contributed by atoms with Crippen molar-refractivity contribution in [3.8, 4) is 0 Å². The van der Waals surface area contributed by atoms with Gasteiger partial charge in [0.05, 0.1) is 24.3 Å². The Hall–Kier alpha value is -1.52. The maximum absolute atomic E-state index is 12.5. The number of thiophene rings is 2. The highest BCUT2D eigenvalue weighted by Crippen LogP contribution is 2.37. The molecule has 206 valence electrons. The second-order valence-electron chi connectivity index (χ2n) is 11.5. The van der Waals surface area contributed by atoms with E-state index in [1.54, 1.807) is 17.4 Å². The molecule has 2 aliphatic rings. The number of piperidine rings is 2. The predicted octanol–water partition coefficient (Wildman–Crippen LogP) is 6.76. The van der Waals surface area contributed by atoms with Gasteiger partial charge in [0.15, 0.2) is 8.32 Å². The van der Waals surface area contributed by atoms with Crippen molar-refractivity contribution in [2.24, 2.45) is 0 Å². The summed E-state index contributed by atoms with van der Waals surface area (Å²) < 4.78 is 6.24. The normalized spacial score (nSPS) is 16.8. The lowest BCUT2D eigenvalue weighted by Gasteiger charge is -2.36. The van der Waals surface area contributed by atoms with E-state index in [0.29, 0.717) is 6.61 Å². The molecule has 2 saturated heterocycles. The van der Waals surface area contributed by atoms with Gasteiger partial charge < -0.3 is 19.3 Å². The molecule has 0 aromatic carbocycles. The molecule has 4 rings (SSSR count). The molecule has 6 nitrogen and oxygen atoms in total. The van der Waals surface area contributed by atoms with Gasteiger partial charge in [-0.05, 0) is 68.8 Å². The van der Waals surface area contributed by atoms with Crippen molar-refractivity contribution in [3.63, 3.8) is 0 Å². The van der Waals surface area contributed by atoms with E-state index in [0.717, 1.165) is 72.7 Å². The van der Waals surface area contributed by atoms with E-state index < -0.39 is 8.32 Å². The van der Waals surface area contributed by atoms with Crippen LogP contribution in [0.15, 0.2) is 22.9 Å². The number of aliphatic hydroxyl groups is 1. The van der Waals surface area contributed by atoms with Crippen molar-refractivity contribution < 1.29 is 19.1 Å². The lowest BCUT2D eigenvalue weighted by atomic mass is 10.1. The molecule has 2 amide bonds. The Kier molecular flexibility index (Phi) is 11.0. The molecule has 0 bridgehead atoms. The van der Waals surface area contributed by atoms with E-state index >= 15 is 0 Å². The largest absolute Gasteiger partial charge is 0.412 e. The zero-order chi connectivity index (χ0) is 27.1. The van der Waals surface area contributed by atoms with Gasteiger partial charge in [0.2, 0.25) is 0 Å². The number of aliphatic hydroxyl groups excluding tert-OH is 1. The first-order valence-corrected chi connectivity index (χ1v) is 18.2. The van der Waals surface area contributed by atoms with Gasteiger partial charge in [-0.3, -0.25) is 9.59 Å². The average Bonchev–Trinajstić information content (AvgIpc) is 3.57. The summed E-state index contributed by atoms with van der Waals surface area (Å²) in [5.41, 5.74) is 1.56. The Balaban J connectivity index is 0.000000220. The summed E-state index contributed by atoms with van der Waals surface area (Å²) in [6.07, 6.45) is 6.98. The van der Waals surface area contributed by atoms with Crippen LogP contribution in [-0.2, 0) is 17.6 Å². The first-order chi connectivity index (χ1) is 17.5. The van der Waals surface area contributed by atoms with Crippen molar-refractivity contribution in [2.75, 3.05) is 26.2 Å². The van der Waals surface area contributed by atoms with Gasteiger partial charge in [0, 0.05) is 46.7 Å². The second kappa shape index (κ2) is 13.5. The molecule has 9 heteroatoms. The van der Waals surface area contributed by atoms with E-state index in [9.17, 15) is 9.59 Å². The van der Waals surface area contributed by atoms with Crippen LogP contribution in [0, 0.1) is 0 Å². The quantitative estimate of drug-likeness (QED) is 0.394. The molecule has 0 aliphatic carbocycles. The molecule has 0 unspecified atom stereocenters. The van der Waals surface area contributed by atoms with Crippen LogP contribution in [-0.4, -0.2) is 61.2 Å². The van der Waals surface area contributed by atoms with Gasteiger partial charge in [0.25, 0.3) is 11.8 Å². The van der Waals surface area contributed by atoms with Crippen LogP contribution in [0.25, 0.3) is 0 Å². The monoisotopic (exact) mass is 564 g/mol. The first kappa shape index (κ1) is 30.0. The molecular formula is C28H44N2O4S2Si. The standard InChI is InChI=1S/C17H29NO2SSi.C11H15NO2S/c1-17(2,3)22(4,5)20-12-15-11-14(13-21-15)16(19)18-9-7-6-8-10-18;13-7-10-6-9(8-15-10)11(14)12-4-2-1-3-5-12/h11,13H,6-10,12H2,1-5H3;6,8,13H,1-5,7H2. The summed E-state index contributed by atoms with van der Waals surface area (Å²) >= 11 is 3.09. The zero-order valence-electron chi connectivity index (χ0n) is 23.2. The van der Waals surface area contributed by atoms with E-state index in [1.165, 1.54) is 24.2 Å². The minimum absolute atomic E-state index is 0.0257. The van der Waals surface area contributed by atoms with Crippen LogP contribution in [0.1, 0.15) is 89.8 Å². The van der Waals surface area contributed by atoms with Crippen molar-refractivity contribution >= 4 is 42.8 Å². The van der Waals surface area contributed by atoms with Crippen LogP contribution in [0.3, 0.4) is 0 Å². The second-order valence-corrected chi connectivity index (χ2v) is 18.3. The number of rotatable bonds is 6. The van der Waals surface area contributed by atoms with Crippen molar-refractivity contribution in [1.82, 2.24) is 9.80 Å². The predicted molar refractivity (Wildman–Crippen MR) is 156 cm³/mol. The lowest BCUT2D eigenvalue weighted by molar-refractivity contribution is 0.0717.